The Morgan fingerprint density at radius 3 is 2.74 bits per heavy atom. The average molecular weight is 272 g/mol. The number of rotatable bonds is 4. The summed E-state index contributed by atoms with van der Waals surface area (Å²) in [5.41, 5.74) is 0.438. The van der Waals surface area contributed by atoms with Crippen molar-refractivity contribution < 1.29 is 4.79 Å². The maximum atomic E-state index is 11.9. The van der Waals surface area contributed by atoms with Gasteiger partial charge in [0.25, 0.3) is 5.91 Å². The van der Waals surface area contributed by atoms with Crippen molar-refractivity contribution in [3.63, 3.8) is 0 Å². The van der Waals surface area contributed by atoms with Gasteiger partial charge in [0.05, 0.1) is 0 Å². The largest absolute Gasteiger partial charge is 0.348 e. The quantitative estimate of drug-likeness (QED) is 0.861. The summed E-state index contributed by atoms with van der Waals surface area (Å²) in [6.45, 7) is 0. The molecule has 1 N–H and O–H groups in total. The van der Waals surface area contributed by atoms with Gasteiger partial charge in [-0.15, -0.1) is 0 Å². The second kappa shape index (κ2) is 5.36. The molecule has 2 heterocycles. The van der Waals surface area contributed by atoms with Gasteiger partial charge in [-0.05, 0) is 42.8 Å². The molecule has 1 aliphatic rings. The highest BCUT2D eigenvalue weighted by molar-refractivity contribution is 7.99. The van der Waals surface area contributed by atoms with E-state index in [1.54, 1.807) is 30.7 Å². The van der Waals surface area contributed by atoms with Crippen molar-refractivity contribution >= 4 is 17.7 Å². The highest BCUT2D eigenvalue weighted by atomic mass is 32.2. The summed E-state index contributed by atoms with van der Waals surface area (Å²) < 4.78 is 0. The van der Waals surface area contributed by atoms with Crippen LogP contribution in [0.15, 0.2) is 46.8 Å². The number of aromatic nitrogens is 3. The minimum absolute atomic E-state index is 0.112. The summed E-state index contributed by atoms with van der Waals surface area (Å²) in [6, 6.07) is 5.71. The molecule has 0 spiro atoms. The molecule has 2 aromatic rings. The Morgan fingerprint density at radius 2 is 2.00 bits per heavy atom. The van der Waals surface area contributed by atoms with E-state index >= 15 is 0 Å². The topological polar surface area (TPSA) is 67.8 Å². The van der Waals surface area contributed by atoms with Crippen LogP contribution in [-0.4, -0.2) is 26.9 Å². The van der Waals surface area contributed by atoms with Gasteiger partial charge >= 0.3 is 0 Å². The molecule has 1 saturated carbocycles. The Hall–Kier alpha value is -1.95. The van der Waals surface area contributed by atoms with Gasteiger partial charge in [-0.3, -0.25) is 9.78 Å². The van der Waals surface area contributed by atoms with Gasteiger partial charge in [0.15, 0.2) is 5.16 Å². The van der Waals surface area contributed by atoms with E-state index in [4.69, 9.17) is 0 Å². The van der Waals surface area contributed by atoms with Crippen LogP contribution in [0.2, 0.25) is 0 Å². The summed E-state index contributed by atoms with van der Waals surface area (Å²) in [4.78, 5) is 25.2. The van der Waals surface area contributed by atoms with Crippen LogP contribution >= 0.6 is 11.8 Å². The molecule has 0 radical (unpaired) electrons. The van der Waals surface area contributed by atoms with Gasteiger partial charge in [-0.2, -0.15) is 0 Å². The van der Waals surface area contributed by atoms with Gasteiger partial charge in [-0.1, -0.05) is 0 Å². The fourth-order valence-electron chi connectivity index (χ4n) is 1.53. The van der Waals surface area contributed by atoms with Gasteiger partial charge in [0, 0.05) is 29.5 Å². The first-order chi connectivity index (χ1) is 9.31. The lowest BCUT2D eigenvalue weighted by molar-refractivity contribution is 0.0946. The molecule has 19 heavy (non-hydrogen) atoms. The second-order valence-electron chi connectivity index (χ2n) is 4.26. The van der Waals surface area contributed by atoms with E-state index in [9.17, 15) is 4.79 Å². The van der Waals surface area contributed by atoms with Crippen molar-refractivity contribution in [2.75, 3.05) is 0 Å². The standard InChI is InChI=1S/C13H12N4OS/c18-12(17-9-2-3-9)11-8-10(4-7-14-11)19-13-15-5-1-6-16-13/h1,4-9H,2-3H2,(H,17,18). The predicted molar refractivity (Wildman–Crippen MR) is 70.9 cm³/mol. The average Bonchev–Trinajstić information content (AvgIpc) is 3.24. The van der Waals surface area contributed by atoms with E-state index in [0.717, 1.165) is 17.7 Å². The van der Waals surface area contributed by atoms with Crippen LogP contribution in [0, 0.1) is 0 Å². The van der Waals surface area contributed by atoms with E-state index in [-0.39, 0.29) is 5.91 Å². The van der Waals surface area contributed by atoms with E-state index in [0.29, 0.717) is 16.9 Å². The van der Waals surface area contributed by atoms with E-state index < -0.39 is 0 Å². The van der Waals surface area contributed by atoms with E-state index in [1.165, 1.54) is 11.8 Å². The fourth-order valence-corrected chi connectivity index (χ4v) is 2.27. The molecule has 2 aromatic heterocycles. The number of hydrogen-bond donors (Lipinski definition) is 1. The van der Waals surface area contributed by atoms with E-state index in [1.807, 2.05) is 6.07 Å². The molecule has 1 aliphatic carbocycles. The number of amides is 1. The predicted octanol–water partition coefficient (Wildman–Crippen LogP) is 1.91. The van der Waals surface area contributed by atoms with Crippen LogP contribution in [0.3, 0.4) is 0 Å². The molecular formula is C13H12N4OS. The first-order valence-corrected chi connectivity index (χ1v) is 6.85. The number of carbonyl (C=O) groups excluding carboxylic acids is 1. The first-order valence-electron chi connectivity index (χ1n) is 6.03. The number of nitrogens with zero attached hydrogens (tertiary/aromatic N) is 3. The fraction of sp³-hybridized carbons (Fsp3) is 0.231. The maximum absolute atomic E-state index is 11.9. The SMILES string of the molecule is O=C(NC1CC1)c1cc(Sc2ncccn2)ccn1. The first kappa shape index (κ1) is 12.1. The third kappa shape index (κ3) is 3.29. The number of carbonyl (C=O) groups is 1. The number of nitrogens with one attached hydrogen (secondary N) is 1. The molecule has 96 valence electrons. The van der Waals surface area contributed by atoms with Crippen molar-refractivity contribution in [3.8, 4) is 0 Å². The third-order valence-electron chi connectivity index (χ3n) is 2.63. The summed E-state index contributed by atoms with van der Waals surface area (Å²) in [5.74, 6) is -0.112. The second-order valence-corrected chi connectivity index (χ2v) is 5.30. The maximum Gasteiger partial charge on any atom is 0.270 e. The van der Waals surface area contributed by atoms with Crippen LogP contribution in [0.1, 0.15) is 23.3 Å². The van der Waals surface area contributed by atoms with Crippen LogP contribution < -0.4 is 5.32 Å². The molecule has 0 bridgehead atoms. The van der Waals surface area contributed by atoms with Gasteiger partial charge in [0.2, 0.25) is 0 Å². The minimum Gasteiger partial charge on any atom is -0.348 e. The Morgan fingerprint density at radius 1 is 1.21 bits per heavy atom. The van der Waals surface area contributed by atoms with Gasteiger partial charge < -0.3 is 5.32 Å². The Labute approximate surface area is 114 Å². The third-order valence-corrected chi connectivity index (χ3v) is 3.51. The smallest absolute Gasteiger partial charge is 0.270 e. The molecule has 0 unspecified atom stereocenters. The summed E-state index contributed by atoms with van der Waals surface area (Å²) in [7, 11) is 0. The molecule has 1 fully saturated rings. The Balaban J connectivity index is 1.73. The lowest BCUT2D eigenvalue weighted by Crippen LogP contribution is -2.26. The summed E-state index contributed by atoms with van der Waals surface area (Å²) >= 11 is 1.41. The molecule has 1 amide bonds. The molecule has 5 nitrogen and oxygen atoms in total. The van der Waals surface area contributed by atoms with Crippen LogP contribution in [0.4, 0.5) is 0 Å². The molecule has 0 aliphatic heterocycles. The summed E-state index contributed by atoms with van der Waals surface area (Å²) in [6.07, 6.45) is 7.15. The molecule has 0 aromatic carbocycles. The zero-order chi connectivity index (χ0) is 13.1. The van der Waals surface area contributed by atoms with Crippen molar-refractivity contribution in [1.82, 2.24) is 20.3 Å². The highest BCUT2D eigenvalue weighted by Gasteiger charge is 2.24. The lowest BCUT2D eigenvalue weighted by Gasteiger charge is -2.04. The lowest BCUT2D eigenvalue weighted by atomic mass is 10.3. The van der Waals surface area contributed by atoms with E-state index in [2.05, 4.69) is 20.3 Å². The Kier molecular flexibility index (Phi) is 3.41. The molecule has 0 atom stereocenters. The molecular weight excluding hydrogens is 260 g/mol. The monoisotopic (exact) mass is 272 g/mol. The number of hydrogen-bond acceptors (Lipinski definition) is 5. The zero-order valence-electron chi connectivity index (χ0n) is 10.1. The van der Waals surface area contributed by atoms with Gasteiger partial charge in [0.1, 0.15) is 5.69 Å². The normalized spacial score (nSPS) is 14.1. The van der Waals surface area contributed by atoms with Crippen molar-refractivity contribution in [2.24, 2.45) is 0 Å². The van der Waals surface area contributed by atoms with Crippen LogP contribution in [0.25, 0.3) is 0 Å². The van der Waals surface area contributed by atoms with Crippen molar-refractivity contribution in [1.29, 1.82) is 0 Å². The van der Waals surface area contributed by atoms with Gasteiger partial charge in [-0.25, -0.2) is 9.97 Å². The van der Waals surface area contributed by atoms with Crippen LogP contribution in [-0.2, 0) is 0 Å². The molecule has 3 rings (SSSR count). The highest BCUT2D eigenvalue weighted by Crippen LogP contribution is 2.24. The Bertz CT molecular complexity index is 586. The summed E-state index contributed by atoms with van der Waals surface area (Å²) in [5, 5.41) is 3.57. The number of pyridine rings is 1. The minimum atomic E-state index is -0.112. The zero-order valence-corrected chi connectivity index (χ0v) is 10.9. The van der Waals surface area contributed by atoms with Crippen LogP contribution in [0.5, 0.6) is 0 Å². The van der Waals surface area contributed by atoms with Crippen molar-refractivity contribution in [3.05, 3.63) is 42.5 Å². The van der Waals surface area contributed by atoms with Crippen molar-refractivity contribution in [2.45, 2.75) is 28.9 Å². The molecule has 6 heteroatoms. The molecule has 0 saturated heterocycles.